The van der Waals surface area contributed by atoms with Crippen LogP contribution in [0, 0.1) is 5.82 Å². The molecule has 0 fully saturated rings. The van der Waals surface area contributed by atoms with Gasteiger partial charge in [-0.05, 0) is 38.4 Å². The summed E-state index contributed by atoms with van der Waals surface area (Å²) in [5, 5.41) is 3.36. The summed E-state index contributed by atoms with van der Waals surface area (Å²) >= 11 is 0. The average molecular weight is 282 g/mol. The second-order valence-electron chi connectivity index (χ2n) is 5.12. The average Bonchev–Trinajstić information content (AvgIpc) is 2.44. The van der Waals surface area contributed by atoms with Gasteiger partial charge >= 0.3 is 0 Å². The molecule has 114 valence electrons. The molecule has 0 aromatic heterocycles. The SMILES string of the molecule is CCCNC(C)c1c(F)cccc1N(C)CCCOC. The van der Waals surface area contributed by atoms with Crippen molar-refractivity contribution in [3.05, 3.63) is 29.6 Å². The van der Waals surface area contributed by atoms with Crippen molar-refractivity contribution >= 4 is 5.69 Å². The lowest BCUT2D eigenvalue weighted by Gasteiger charge is -2.26. The van der Waals surface area contributed by atoms with Gasteiger partial charge in [0, 0.05) is 44.6 Å². The van der Waals surface area contributed by atoms with Gasteiger partial charge in [0.25, 0.3) is 0 Å². The van der Waals surface area contributed by atoms with Crippen molar-refractivity contribution in [2.75, 3.05) is 38.8 Å². The number of hydrogen-bond donors (Lipinski definition) is 1. The van der Waals surface area contributed by atoms with E-state index in [0.717, 1.165) is 43.8 Å². The quantitative estimate of drug-likeness (QED) is 0.703. The summed E-state index contributed by atoms with van der Waals surface area (Å²) in [6, 6.07) is 5.30. The van der Waals surface area contributed by atoms with Crippen LogP contribution < -0.4 is 10.2 Å². The van der Waals surface area contributed by atoms with Gasteiger partial charge in [0.05, 0.1) is 0 Å². The molecule has 0 spiro atoms. The topological polar surface area (TPSA) is 24.5 Å². The van der Waals surface area contributed by atoms with Crippen LogP contribution in [0.25, 0.3) is 0 Å². The second-order valence-corrected chi connectivity index (χ2v) is 5.12. The lowest BCUT2D eigenvalue weighted by atomic mass is 10.0. The van der Waals surface area contributed by atoms with E-state index in [2.05, 4.69) is 17.1 Å². The van der Waals surface area contributed by atoms with Crippen LogP contribution >= 0.6 is 0 Å². The Balaban J connectivity index is 2.86. The van der Waals surface area contributed by atoms with Crippen LogP contribution in [-0.4, -0.2) is 33.9 Å². The van der Waals surface area contributed by atoms with Crippen molar-refractivity contribution < 1.29 is 9.13 Å². The molecule has 4 heteroatoms. The minimum absolute atomic E-state index is 0.0102. The van der Waals surface area contributed by atoms with Gasteiger partial charge in [-0.1, -0.05) is 13.0 Å². The van der Waals surface area contributed by atoms with E-state index in [1.54, 1.807) is 13.2 Å². The van der Waals surface area contributed by atoms with Crippen molar-refractivity contribution in [2.24, 2.45) is 0 Å². The van der Waals surface area contributed by atoms with E-state index in [-0.39, 0.29) is 11.9 Å². The van der Waals surface area contributed by atoms with E-state index >= 15 is 0 Å². The first-order chi connectivity index (χ1) is 9.61. The van der Waals surface area contributed by atoms with Crippen molar-refractivity contribution in [2.45, 2.75) is 32.7 Å². The Morgan fingerprint density at radius 2 is 2.15 bits per heavy atom. The number of nitrogens with zero attached hydrogens (tertiary/aromatic N) is 1. The first kappa shape index (κ1) is 16.9. The molecule has 0 heterocycles. The van der Waals surface area contributed by atoms with Gasteiger partial charge < -0.3 is 15.0 Å². The lowest BCUT2D eigenvalue weighted by molar-refractivity contribution is 0.196. The fourth-order valence-electron chi connectivity index (χ4n) is 2.32. The maximum Gasteiger partial charge on any atom is 0.130 e. The zero-order chi connectivity index (χ0) is 15.0. The molecule has 1 aromatic carbocycles. The zero-order valence-corrected chi connectivity index (χ0v) is 13.1. The summed E-state index contributed by atoms with van der Waals surface area (Å²) in [7, 11) is 3.70. The standard InChI is InChI=1S/C16H27FN2O/c1-5-10-18-13(2)16-14(17)8-6-9-15(16)19(3)11-7-12-20-4/h6,8-9,13,18H,5,7,10-12H2,1-4H3. The Bertz CT molecular complexity index is 398. The molecule has 1 atom stereocenters. The molecule has 1 rings (SSSR count). The first-order valence-corrected chi connectivity index (χ1v) is 7.33. The van der Waals surface area contributed by atoms with E-state index in [1.807, 2.05) is 20.0 Å². The summed E-state index contributed by atoms with van der Waals surface area (Å²) in [5.74, 6) is -0.141. The molecule has 0 aliphatic heterocycles. The molecule has 1 N–H and O–H groups in total. The van der Waals surface area contributed by atoms with Gasteiger partial charge in [-0.25, -0.2) is 4.39 Å². The molecular weight excluding hydrogens is 255 g/mol. The maximum atomic E-state index is 14.2. The summed E-state index contributed by atoms with van der Waals surface area (Å²) in [6.07, 6.45) is 1.97. The third-order valence-corrected chi connectivity index (χ3v) is 3.42. The maximum absolute atomic E-state index is 14.2. The lowest BCUT2D eigenvalue weighted by Crippen LogP contribution is -2.26. The molecule has 0 amide bonds. The second kappa shape index (κ2) is 8.93. The number of benzene rings is 1. The summed E-state index contributed by atoms with van der Waals surface area (Å²) in [5.41, 5.74) is 1.71. The summed E-state index contributed by atoms with van der Waals surface area (Å²) in [4.78, 5) is 2.10. The molecule has 20 heavy (non-hydrogen) atoms. The Labute approximate surface area is 122 Å². The third-order valence-electron chi connectivity index (χ3n) is 3.42. The van der Waals surface area contributed by atoms with E-state index in [0.29, 0.717) is 0 Å². The predicted molar refractivity (Wildman–Crippen MR) is 82.9 cm³/mol. The van der Waals surface area contributed by atoms with Gasteiger partial charge in [0.15, 0.2) is 0 Å². The van der Waals surface area contributed by atoms with Crippen LogP contribution in [0.4, 0.5) is 10.1 Å². The normalized spacial score (nSPS) is 12.4. The molecule has 0 saturated carbocycles. The zero-order valence-electron chi connectivity index (χ0n) is 13.1. The molecule has 0 aliphatic carbocycles. The highest BCUT2D eigenvalue weighted by atomic mass is 19.1. The van der Waals surface area contributed by atoms with Crippen molar-refractivity contribution in [1.29, 1.82) is 0 Å². The van der Waals surface area contributed by atoms with Gasteiger partial charge in [0.2, 0.25) is 0 Å². The highest BCUT2D eigenvalue weighted by Gasteiger charge is 2.17. The number of nitrogens with one attached hydrogen (secondary N) is 1. The highest BCUT2D eigenvalue weighted by Crippen LogP contribution is 2.28. The van der Waals surface area contributed by atoms with Crippen LogP contribution in [0.2, 0.25) is 0 Å². The Hall–Kier alpha value is -1.13. The number of hydrogen-bond acceptors (Lipinski definition) is 3. The number of ether oxygens (including phenoxy) is 1. The molecule has 1 aromatic rings. The fourth-order valence-corrected chi connectivity index (χ4v) is 2.32. The largest absolute Gasteiger partial charge is 0.385 e. The Morgan fingerprint density at radius 3 is 2.80 bits per heavy atom. The Kier molecular flexibility index (Phi) is 7.55. The molecule has 1 unspecified atom stereocenters. The smallest absolute Gasteiger partial charge is 0.130 e. The number of anilines is 1. The van der Waals surface area contributed by atoms with Crippen molar-refractivity contribution in [3.8, 4) is 0 Å². The van der Waals surface area contributed by atoms with Gasteiger partial charge in [-0.2, -0.15) is 0 Å². The van der Waals surface area contributed by atoms with Crippen molar-refractivity contribution in [3.63, 3.8) is 0 Å². The van der Waals surface area contributed by atoms with Crippen LogP contribution in [0.3, 0.4) is 0 Å². The molecule has 0 saturated heterocycles. The highest BCUT2D eigenvalue weighted by molar-refractivity contribution is 5.55. The van der Waals surface area contributed by atoms with Crippen LogP contribution in [0.1, 0.15) is 38.3 Å². The third kappa shape index (κ3) is 4.76. The minimum Gasteiger partial charge on any atom is -0.385 e. The van der Waals surface area contributed by atoms with Crippen LogP contribution in [-0.2, 0) is 4.74 Å². The molecular formula is C16H27FN2O. The van der Waals surface area contributed by atoms with E-state index in [1.165, 1.54) is 6.07 Å². The molecule has 0 aliphatic rings. The van der Waals surface area contributed by atoms with E-state index in [4.69, 9.17) is 4.74 Å². The first-order valence-electron chi connectivity index (χ1n) is 7.33. The summed E-state index contributed by atoms with van der Waals surface area (Å²) in [6.45, 7) is 6.59. The van der Waals surface area contributed by atoms with Gasteiger partial charge in [-0.3, -0.25) is 0 Å². The number of rotatable bonds is 9. The van der Waals surface area contributed by atoms with Gasteiger partial charge in [0.1, 0.15) is 5.82 Å². The number of methoxy groups -OCH3 is 1. The van der Waals surface area contributed by atoms with Crippen LogP contribution in [0.5, 0.6) is 0 Å². The molecule has 0 radical (unpaired) electrons. The Morgan fingerprint density at radius 1 is 1.40 bits per heavy atom. The molecule has 0 bridgehead atoms. The minimum atomic E-state index is -0.141. The van der Waals surface area contributed by atoms with Gasteiger partial charge in [-0.15, -0.1) is 0 Å². The predicted octanol–water partition coefficient (Wildman–Crippen LogP) is 3.36. The fraction of sp³-hybridized carbons (Fsp3) is 0.625. The van der Waals surface area contributed by atoms with E-state index in [9.17, 15) is 4.39 Å². The summed E-state index contributed by atoms with van der Waals surface area (Å²) < 4.78 is 19.3. The van der Waals surface area contributed by atoms with E-state index < -0.39 is 0 Å². The monoisotopic (exact) mass is 282 g/mol. The number of halogens is 1. The molecule has 3 nitrogen and oxygen atoms in total. The van der Waals surface area contributed by atoms with Crippen molar-refractivity contribution in [1.82, 2.24) is 5.32 Å². The van der Waals surface area contributed by atoms with Crippen LogP contribution in [0.15, 0.2) is 18.2 Å².